The summed E-state index contributed by atoms with van der Waals surface area (Å²) in [6.07, 6.45) is 3.20. The molecule has 3 unspecified atom stereocenters. The van der Waals surface area contributed by atoms with Crippen LogP contribution in [0.5, 0.6) is 0 Å². The van der Waals surface area contributed by atoms with E-state index >= 15 is 0 Å². The lowest BCUT2D eigenvalue weighted by Crippen LogP contribution is -2.50. The molecule has 2 N–H and O–H groups in total. The number of ether oxygens (including phenoxy) is 1. The van der Waals surface area contributed by atoms with E-state index in [1.54, 1.807) is 6.07 Å². The summed E-state index contributed by atoms with van der Waals surface area (Å²) < 4.78 is 5.93. The van der Waals surface area contributed by atoms with Crippen LogP contribution in [0, 0.1) is 18.8 Å². The van der Waals surface area contributed by atoms with E-state index < -0.39 is 0 Å². The molecule has 2 aliphatic rings. The van der Waals surface area contributed by atoms with E-state index in [4.69, 9.17) is 16.3 Å². The Kier molecular flexibility index (Phi) is 8.10. The summed E-state index contributed by atoms with van der Waals surface area (Å²) in [5, 5.41) is 6.53. The molecule has 3 rings (SSSR count). The van der Waals surface area contributed by atoms with E-state index in [1.165, 1.54) is 0 Å². The molecule has 0 aliphatic carbocycles. The van der Waals surface area contributed by atoms with Crippen molar-refractivity contribution in [3.8, 4) is 0 Å². The van der Waals surface area contributed by atoms with E-state index in [-0.39, 0.29) is 41.9 Å². The average Bonchev–Trinajstić information content (AvgIpc) is 2.69. The van der Waals surface area contributed by atoms with Gasteiger partial charge in [-0.2, -0.15) is 0 Å². The Balaban J connectivity index is 1.79. The van der Waals surface area contributed by atoms with Crippen LogP contribution in [0.4, 0.5) is 5.69 Å². The number of anilines is 1. The van der Waals surface area contributed by atoms with Gasteiger partial charge in [0.1, 0.15) is 0 Å². The standard InChI is InChI=1S/C25H38ClN3O3/c1-7-29(20-9-16(4)32-17(5)10-20)23-12-19(26)11-21(18(23)6)24(30)27-13-22-14(2)8-15(3)28-25(22)31/h11-12,14-17,20,22H,7-10,13H2,1-6H3,(H,27,30)(H,28,31)/t14?,15?,16-,17+,20+,22?. The van der Waals surface area contributed by atoms with E-state index in [0.29, 0.717) is 23.2 Å². The molecule has 2 heterocycles. The minimum atomic E-state index is -0.216. The molecule has 178 valence electrons. The predicted molar refractivity (Wildman–Crippen MR) is 129 cm³/mol. The molecule has 1 aromatic rings. The number of carbonyl (C=O) groups is 2. The van der Waals surface area contributed by atoms with E-state index in [2.05, 4.69) is 43.2 Å². The third-order valence-electron chi connectivity index (χ3n) is 6.97. The monoisotopic (exact) mass is 463 g/mol. The fraction of sp³-hybridized carbons (Fsp3) is 0.680. The summed E-state index contributed by atoms with van der Waals surface area (Å²) in [5.74, 6) is -0.163. The molecule has 6 atom stereocenters. The molecule has 2 aliphatic heterocycles. The molecule has 32 heavy (non-hydrogen) atoms. The first-order valence-corrected chi connectivity index (χ1v) is 12.3. The summed E-state index contributed by atoms with van der Waals surface area (Å²) in [4.78, 5) is 27.9. The smallest absolute Gasteiger partial charge is 0.251 e. The molecule has 0 radical (unpaired) electrons. The number of halogens is 1. The van der Waals surface area contributed by atoms with Crippen molar-refractivity contribution < 1.29 is 14.3 Å². The number of hydrogen-bond acceptors (Lipinski definition) is 4. The second-order valence-electron chi connectivity index (χ2n) is 9.71. The van der Waals surface area contributed by atoms with Gasteiger partial charge in [0.25, 0.3) is 5.91 Å². The summed E-state index contributed by atoms with van der Waals surface area (Å²) in [6.45, 7) is 13.6. The van der Waals surface area contributed by atoms with E-state index in [9.17, 15) is 9.59 Å². The van der Waals surface area contributed by atoms with Crippen molar-refractivity contribution in [2.45, 2.75) is 85.1 Å². The van der Waals surface area contributed by atoms with Gasteiger partial charge in [-0.1, -0.05) is 18.5 Å². The number of nitrogens with one attached hydrogen (secondary N) is 2. The lowest BCUT2D eigenvalue weighted by atomic mass is 9.84. The molecule has 1 aromatic carbocycles. The van der Waals surface area contributed by atoms with Gasteiger partial charge in [-0.25, -0.2) is 0 Å². The van der Waals surface area contributed by atoms with Crippen LogP contribution in [0.25, 0.3) is 0 Å². The van der Waals surface area contributed by atoms with Crippen LogP contribution in [-0.4, -0.2) is 49.2 Å². The van der Waals surface area contributed by atoms with Gasteiger partial charge < -0.3 is 20.3 Å². The van der Waals surface area contributed by atoms with Crippen LogP contribution < -0.4 is 15.5 Å². The number of hydrogen-bond donors (Lipinski definition) is 2. The highest BCUT2D eigenvalue weighted by Gasteiger charge is 2.33. The third-order valence-corrected chi connectivity index (χ3v) is 7.19. The molecule has 2 fully saturated rings. The van der Waals surface area contributed by atoms with Crippen molar-refractivity contribution in [3.05, 3.63) is 28.3 Å². The Bertz CT molecular complexity index is 836. The van der Waals surface area contributed by atoms with E-state index in [1.807, 2.05) is 19.9 Å². The largest absolute Gasteiger partial charge is 0.375 e. The second-order valence-corrected chi connectivity index (χ2v) is 10.1. The normalized spacial score (nSPS) is 30.5. The molecular formula is C25H38ClN3O3. The first-order valence-electron chi connectivity index (χ1n) is 11.9. The quantitative estimate of drug-likeness (QED) is 0.659. The minimum absolute atomic E-state index is 0.0139. The van der Waals surface area contributed by atoms with Gasteiger partial charge in [-0.05, 0) is 77.5 Å². The van der Waals surface area contributed by atoms with Crippen molar-refractivity contribution in [1.29, 1.82) is 0 Å². The SMILES string of the molecule is CCN(c1cc(Cl)cc(C(=O)NCC2C(=O)NC(C)CC2C)c1C)[C@H]1C[C@@H](C)O[C@@H](C)C1. The maximum Gasteiger partial charge on any atom is 0.251 e. The highest BCUT2D eigenvalue weighted by molar-refractivity contribution is 6.31. The van der Waals surface area contributed by atoms with Crippen molar-refractivity contribution in [2.75, 3.05) is 18.0 Å². The molecule has 0 spiro atoms. The maximum absolute atomic E-state index is 13.1. The minimum Gasteiger partial charge on any atom is -0.375 e. The Morgan fingerprint density at radius 3 is 2.44 bits per heavy atom. The molecule has 6 nitrogen and oxygen atoms in total. The lowest BCUT2D eigenvalue weighted by Gasteiger charge is -2.41. The molecule has 7 heteroatoms. The first-order chi connectivity index (χ1) is 15.1. The van der Waals surface area contributed by atoms with Crippen molar-refractivity contribution >= 4 is 29.1 Å². The summed E-state index contributed by atoms with van der Waals surface area (Å²) in [6, 6.07) is 4.20. The lowest BCUT2D eigenvalue weighted by molar-refractivity contribution is -0.129. The number of carbonyl (C=O) groups excluding carboxylic acids is 2. The van der Waals surface area contributed by atoms with Gasteiger partial charge in [-0.3, -0.25) is 9.59 Å². The fourth-order valence-corrected chi connectivity index (χ4v) is 5.64. The fourth-order valence-electron chi connectivity index (χ4n) is 5.43. The van der Waals surface area contributed by atoms with Gasteiger partial charge >= 0.3 is 0 Å². The van der Waals surface area contributed by atoms with Crippen molar-refractivity contribution in [2.24, 2.45) is 11.8 Å². The Hall–Kier alpha value is -1.79. The van der Waals surface area contributed by atoms with Crippen LogP contribution in [0.1, 0.15) is 69.8 Å². The van der Waals surface area contributed by atoms with Crippen LogP contribution in [0.2, 0.25) is 5.02 Å². The zero-order valence-corrected chi connectivity index (χ0v) is 21.0. The summed E-state index contributed by atoms with van der Waals surface area (Å²) >= 11 is 6.48. The van der Waals surface area contributed by atoms with Crippen LogP contribution in [0.15, 0.2) is 12.1 Å². The molecule has 2 amide bonds. The Morgan fingerprint density at radius 2 is 1.84 bits per heavy atom. The molecule has 2 saturated heterocycles. The maximum atomic E-state index is 13.1. The van der Waals surface area contributed by atoms with Gasteiger partial charge in [0.05, 0.1) is 18.1 Å². The number of piperidine rings is 1. The van der Waals surface area contributed by atoms with Crippen LogP contribution >= 0.6 is 11.6 Å². The number of amides is 2. The number of rotatable bonds is 6. The Morgan fingerprint density at radius 1 is 1.19 bits per heavy atom. The summed E-state index contributed by atoms with van der Waals surface area (Å²) in [7, 11) is 0. The van der Waals surface area contributed by atoms with E-state index in [0.717, 1.165) is 37.1 Å². The van der Waals surface area contributed by atoms with Gasteiger partial charge in [0, 0.05) is 41.4 Å². The zero-order valence-electron chi connectivity index (χ0n) is 20.2. The number of benzene rings is 1. The molecule has 0 saturated carbocycles. The van der Waals surface area contributed by atoms with Crippen LogP contribution in [0.3, 0.4) is 0 Å². The topological polar surface area (TPSA) is 70.7 Å². The van der Waals surface area contributed by atoms with Crippen LogP contribution in [-0.2, 0) is 9.53 Å². The first kappa shape index (κ1) is 24.8. The highest BCUT2D eigenvalue weighted by atomic mass is 35.5. The van der Waals surface area contributed by atoms with Gasteiger partial charge in [0.2, 0.25) is 5.91 Å². The summed E-state index contributed by atoms with van der Waals surface area (Å²) in [5.41, 5.74) is 2.47. The molecular weight excluding hydrogens is 426 g/mol. The van der Waals surface area contributed by atoms with Crippen molar-refractivity contribution in [3.63, 3.8) is 0 Å². The zero-order chi connectivity index (χ0) is 23.6. The van der Waals surface area contributed by atoms with Gasteiger partial charge in [0.15, 0.2) is 0 Å². The Labute approximate surface area is 197 Å². The predicted octanol–water partition coefficient (Wildman–Crippen LogP) is 4.32. The van der Waals surface area contributed by atoms with Crippen molar-refractivity contribution in [1.82, 2.24) is 10.6 Å². The van der Waals surface area contributed by atoms with Gasteiger partial charge in [-0.15, -0.1) is 0 Å². The third kappa shape index (κ3) is 5.57. The molecule has 0 bridgehead atoms. The number of nitrogens with zero attached hydrogens (tertiary/aromatic N) is 1. The second kappa shape index (κ2) is 10.4. The highest BCUT2D eigenvalue weighted by Crippen LogP contribution is 2.33. The molecule has 0 aromatic heterocycles. The average molecular weight is 464 g/mol.